The van der Waals surface area contributed by atoms with Crippen LogP contribution >= 0.6 is 0 Å². The Morgan fingerprint density at radius 2 is 1.79 bits per heavy atom. The van der Waals surface area contributed by atoms with Gasteiger partial charge in [0.25, 0.3) is 11.8 Å². The highest BCUT2D eigenvalue weighted by molar-refractivity contribution is 7.91. The Labute approximate surface area is 196 Å². The number of amides is 2. The van der Waals surface area contributed by atoms with Crippen molar-refractivity contribution in [2.24, 2.45) is 0 Å². The van der Waals surface area contributed by atoms with Crippen LogP contribution in [0.4, 0.5) is 4.39 Å². The summed E-state index contributed by atoms with van der Waals surface area (Å²) in [5, 5.41) is 9.52. The lowest BCUT2D eigenvalue weighted by molar-refractivity contribution is -0.142. The standard InChI is InChI=1S/C25H21FN2O5S/c1-16-22(24(29)28(25(30)23(16)13-27)20-10-11-34(31,32)15-20)12-17-4-8-21(9-5-17)33-14-18-2-6-19(26)7-3-18/h2-9,12,20H,10-11,14-15H2,1H3/b22-12-. The van der Waals surface area contributed by atoms with E-state index in [2.05, 4.69) is 0 Å². The number of rotatable bonds is 5. The molecule has 0 aliphatic carbocycles. The molecule has 0 aromatic heterocycles. The topological polar surface area (TPSA) is 105 Å². The Kier molecular flexibility index (Phi) is 6.35. The SMILES string of the molecule is CC1=C(C#N)C(=O)N(C2CCS(=O)(=O)C2)C(=O)/C1=C\c1ccc(OCc2ccc(F)cc2)cc1. The Hall–Kier alpha value is -3.77. The third kappa shape index (κ3) is 4.77. The van der Waals surface area contributed by atoms with Crippen LogP contribution in [0, 0.1) is 17.1 Å². The van der Waals surface area contributed by atoms with Crippen molar-refractivity contribution in [2.45, 2.75) is 26.0 Å². The van der Waals surface area contributed by atoms with Crippen molar-refractivity contribution < 1.29 is 27.1 Å². The maximum atomic E-state index is 13.2. The molecule has 1 unspecified atom stereocenters. The molecule has 4 rings (SSSR count). The van der Waals surface area contributed by atoms with E-state index >= 15 is 0 Å². The summed E-state index contributed by atoms with van der Waals surface area (Å²) in [7, 11) is -3.34. The van der Waals surface area contributed by atoms with Crippen LogP contribution < -0.4 is 4.74 Å². The quantitative estimate of drug-likeness (QED) is 0.481. The van der Waals surface area contributed by atoms with Crippen molar-refractivity contribution >= 4 is 27.7 Å². The number of hydrogen-bond acceptors (Lipinski definition) is 6. The highest BCUT2D eigenvalue weighted by Crippen LogP contribution is 2.31. The number of carbonyl (C=O) groups excluding carboxylic acids is 2. The Bertz CT molecular complexity index is 1350. The van der Waals surface area contributed by atoms with Gasteiger partial charge in [-0.25, -0.2) is 12.8 Å². The Morgan fingerprint density at radius 1 is 1.12 bits per heavy atom. The monoisotopic (exact) mass is 480 g/mol. The molecule has 9 heteroatoms. The van der Waals surface area contributed by atoms with Gasteiger partial charge in [-0.2, -0.15) is 5.26 Å². The minimum absolute atomic E-state index is 0.0995. The summed E-state index contributed by atoms with van der Waals surface area (Å²) in [6.45, 7) is 1.79. The van der Waals surface area contributed by atoms with E-state index in [1.165, 1.54) is 19.1 Å². The average Bonchev–Trinajstić information content (AvgIpc) is 3.16. The second-order valence-corrected chi connectivity index (χ2v) is 10.4. The van der Waals surface area contributed by atoms with Gasteiger partial charge in [-0.15, -0.1) is 0 Å². The molecule has 0 bridgehead atoms. The zero-order valence-corrected chi connectivity index (χ0v) is 19.1. The first-order valence-corrected chi connectivity index (χ1v) is 12.4. The van der Waals surface area contributed by atoms with Crippen LogP contribution in [0.1, 0.15) is 24.5 Å². The number of nitriles is 1. The van der Waals surface area contributed by atoms with E-state index in [0.717, 1.165) is 10.5 Å². The highest BCUT2D eigenvalue weighted by Gasteiger charge is 2.43. The molecule has 0 radical (unpaired) electrons. The van der Waals surface area contributed by atoms with Crippen molar-refractivity contribution in [3.05, 3.63) is 82.2 Å². The maximum Gasteiger partial charge on any atom is 0.271 e. The third-order valence-corrected chi connectivity index (χ3v) is 7.61. The number of benzene rings is 2. The van der Waals surface area contributed by atoms with Crippen molar-refractivity contribution in [3.63, 3.8) is 0 Å². The van der Waals surface area contributed by atoms with Gasteiger partial charge in [0, 0.05) is 5.57 Å². The van der Waals surface area contributed by atoms with Gasteiger partial charge >= 0.3 is 0 Å². The van der Waals surface area contributed by atoms with Gasteiger partial charge in [0.15, 0.2) is 9.84 Å². The molecule has 174 valence electrons. The predicted molar refractivity (Wildman–Crippen MR) is 122 cm³/mol. The van der Waals surface area contributed by atoms with Gasteiger partial charge in [0.2, 0.25) is 0 Å². The number of ether oxygens (including phenoxy) is 1. The number of sulfone groups is 1. The Balaban J connectivity index is 1.57. The molecular weight excluding hydrogens is 459 g/mol. The first-order valence-electron chi connectivity index (χ1n) is 10.6. The fraction of sp³-hybridized carbons (Fsp3) is 0.240. The summed E-state index contributed by atoms with van der Waals surface area (Å²) >= 11 is 0. The largest absolute Gasteiger partial charge is 0.489 e. The summed E-state index contributed by atoms with van der Waals surface area (Å²) in [6, 6.07) is 13.9. The average molecular weight is 481 g/mol. The molecule has 1 atom stereocenters. The minimum Gasteiger partial charge on any atom is -0.489 e. The molecule has 0 N–H and O–H groups in total. The third-order valence-electron chi connectivity index (χ3n) is 5.86. The number of imide groups is 1. The molecular formula is C25H21FN2O5S. The van der Waals surface area contributed by atoms with Crippen molar-refractivity contribution in [1.82, 2.24) is 4.90 Å². The first-order chi connectivity index (χ1) is 16.2. The van der Waals surface area contributed by atoms with E-state index in [-0.39, 0.29) is 47.1 Å². The minimum atomic E-state index is -3.34. The van der Waals surface area contributed by atoms with E-state index in [1.54, 1.807) is 42.5 Å². The lowest BCUT2D eigenvalue weighted by Crippen LogP contribution is -2.49. The smallest absolute Gasteiger partial charge is 0.271 e. The van der Waals surface area contributed by atoms with E-state index in [1.807, 2.05) is 6.07 Å². The van der Waals surface area contributed by atoms with Crippen molar-refractivity contribution in [1.29, 1.82) is 5.26 Å². The van der Waals surface area contributed by atoms with Crippen molar-refractivity contribution in [3.8, 4) is 11.8 Å². The van der Waals surface area contributed by atoms with Crippen LogP contribution in [0.2, 0.25) is 0 Å². The molecule has 7 nitrogen and oxygen atoms in total. The zero-order chi connectivity index (χ0) is 24.5. The van der Waals surface area contributed by atoms with Gasteiger partial charge in [0.05, 0.1) is 17.5 Å². The van der Waals surface area contributed by atoms with Gasteiger partial charge in [-0.05, 0) is 60.4 Å². The van der Waals surface area contributed by atoms with Gasteiger partial charge in [-0.1, -0.05) is 24.3 Å². The fourth-order valence-electron chi connectivity index (χ4n) is 3.98. The summed E-state index contributed by atoms with van der Waals surface area (Å²) in [4.78, 5) is 26.9. The second kappa shape index (κ2) is 9.23. The molecule has 34 heavy (non-hydrogen) atoms. The van der Waals surface area contributed by atoms with Crippen LogP contribution in [-0.4, -0.2) is 42.7 Å². The molecule has 0 saturated carbocycles. The van der Waals surface area contributed by atoms with Crippen LogP contribution in [-0.2, 0) is 26.0 Å². The lowest BCUT2D eigenvalue weighted by Gasteiger charge is -2.31. The summed E-state index contributed by atoms with van der Waals surface area (Å²) < 4.78 is 42.5. The molecule has 2 aromatic carbocycles. The summed E-state index contributed by atoms with van der Waals surface area (Å²) in [6.07, 6.45) is 1.73. The number of halogens is 1. The van der Waals surface area contributed by atoms with Gasteiger partial charge in [0.1, 0.15) is 29.8 Å². The molecule has 2 aliphatic rings. The summed E-state index contributed by atoms with van der Waals surface area (Å²) in [5.41, 5.74) is 1.70. The zero-order valence-electron chi connectivity index (χ0n) is 18.3. The van der Waals surface area contributed by atoms with E-state index in [0.29, 0.717) is 11.3 Å². The van der Waals surface area contributed by atoms with E-state index in [9.17, 15) is 27.7 Å². The summed E-state index contributed by atoms with van der Waals surface area (Å²) in [5.74, 6) is -1.52. The number of nitrogens with zero attached hydrogens (tertiary/aromatic N) is 2. The molecule has 1 saturated heterocycles. The molecule has 2 aromatic rings. The predicted octanol–water partition coefficient (Wildman–Crippen LogP) is 3.18. The van der Waals surface area contributed by atoms with Crippen LogP contribution in [0.5, 0.6) is 5.75 Å². The molecule has 2 amide bonds. The molecule has 0 spiro atoms. The number of hydrogen-bond donors (Lipinski definition) is 0. The maximum absolute atomic E-state index is 13.2. The van der Waals surface area contributed by atoms with E-state index < -0.39 is 27.7 Å². The molecule has 2 heterocycles. The molecule has 2 aliphatic heterocycles. The lowest BCUT2D eigenvalue weighted by atomic mass is 9.92. The number of carbonyl (C=O) groups is 2. The Morgan fingerprint density at radius 3 is 2.38 bits per heavy atom. The fourth-order valence-corrected chi connectivity index (χ4v) is 5.68. The highest BCUT2D eigenvalue weighted by atomic mass is 32.2. The van der Waals surface area contributed by atoms with Gasteiger partial charge < -0.3 is 4.74 Å². The van der Waals surface area contributed by atoms with Crippen LogP contribution in [0.25, 0.3) is 6.08 Å². The normalized spacial score (nSPS) is 21.1. The molecule has 1 fully saturated rings. The first kappa shape index (κ1) is 23.4. The van der Waals surface area contributed by atoms with Gasteiger partial charge in [-0.3, -0.25) is 14.5 Å². The van der Waals surface area contributed by atoms with Crippen molar-refractivity contribution in [2.75, 3.05) is 11.5 Å². The second-order valence-electron chi connectivity index (χ2n) is 8.19. The van der Waals surface area contributed by atoms with Crippen LogP contribution in [0.15, 0.2) is 65.3 Å². The van der Waals surface area contributed by atoms with E-state index in [4.69, 9.17) is 4.74 Å². The van der Waals surface area contributed by atoms with Crippen LogP contribution in [0.3, 0.4) is 0 Å².